The van der Waals surface area contributed by atoms with E-state index in [0.717, 1.165) is 54.3 Å². The van der Waals surface area contributed by atoms with Crippen LogP contribution in [0.25, 0.3) is 43.1 Å². The van der Waals surface area contributed by atoms with E-state index in [9.17, 15) is 19.2 Å². The first-order valence-electron chi connectivity index (χ1n) is 42.0. The van der Waals surface area contributed by atoms with E-state index in [1.54, 1.807) is 86.0 Å². The van der Waals surface area contributed by atoms with E-state index in [1.807, 2.05) is 170 Å². The van der Waals surface area contributed by atoms with E-state index in [2.05, 4.69) is 36.9 Å². The van der Waals surface area contributed by atoms with Crippen LogP contribution >= 0.6 is 0 Å². The SMILES string of the molecule is C=C(C)C(=O)CCCc1ccc(Oc2cc3c4c(cc(Oc5ccc(CCCC(=O)C(=C)C)cc5)c5c6c(Oc7ccc(CCNC(=O)C(=C)C)cc7)cc7c8c(cc(Oc9ccc(CCNC(=O)C(=C)C)cc9)c(c2c45)c86)C(=O)N(CC(=O)N(Cc2ccccc2)Cc2ccccc2)C7=O)C(=O)N(CC(=O)N(Cc2ccccc2)Cc2ccccc2)C3=O)cc1. The van der Waals surface area contributed by atoms with Crippen LogP contribution in [0.3, 0.4) is 0 Å². The van der Waals surface area contributed by atoms with Gasteiger partial charge in [-0.1, -0.05) is 196 Å². The maximum absolute atomic E-state index is 16.5. The first kappa shape index (κ1) is 85.8. The summed E-state index contributed by atoms with van der Waals surface area (Å²) >= 11 is 0. The van der Waals surface area contributed by atoms with Gasteiger partial charge >= 0.3 is 0 Å². The Morgan fingerprint density at radius 1 is 0.302 bits per heavy atom. The second-order valence-corrected chi connectivity index (χ2v) is 32.2. The third-order valence-electron chi connectivity index (χ3n) is 22.7. The number of carbonyl (C=O) groups excluding carboxylic acids is 10. The molecule has 0 bridgehead atoms. The van der Waals surface area contributed by atoms with Crippen LogP contribution in [0, 0.1) is 0 Å². The smallest absolute Gasteiger partial charge is 0.262 e. The molecule has 2 aliphatic heterocycles. The van der Waals surface area contributed by atoms with Crippen molar-refractivity contribution < 1.29 is 66.9 Å². The van der Waals surface area contributed by atoms with Crippen LogP contribution in [0.2, 0.25) is 0 Å². The largest absolute Gasteiger partial charge is 0.457 e. The predicted octanol–water partition coefficient (Wildman–Crippen LogP) is 20.0. The Hall–Kier alpha value is -15.2. The van der Waals surface area contributed by atoms with Crippen molar-refractivity contribution in [2.75, 3.05) is 26.2 Å². The first-order valence-corrected chi connectivity index (χ1v) is 42.0. The zero-order chi connectivity index (χ0) is 88.4. The van der Waals surface area contributed by atoms with Crippen molar-refractivity contribution >= 4 is 102 Å². The number of nitrogens with one attached hydrogen (secondary N) is 2. The van der Waals surface area contributed by atoms with Gasteiger partial charge in [-0.3, -0.25) is 57.7 Å². The zero-order valence-electron chi connectivity index (χ0n) is 70.7. The predicted molar refractivity (Wildman–Crippen MR) is 487 cm³/mol. The molecule has 0 saturated carbocycles. The lowest BCUT2D eigenvalue weighted by Gasteiger charge is -2.33. The molecule has 0 saturated heterocycles. The summed E-state index contributed by atoms with van der Waals surface area (Å²) in [6, 6.07) is 72.5. The number of hydrogen-bond donors (Lipinski definition) is 2. The van der Waals surface area contributed by atoms with Gasteiger partial charge in [-0.05, 0) is 195 Å². The number of fused-ring (bicyclic) bond motifs is 2. The summed E-state index contributed by atoms with van der Waals surface area (Å²) in [5.74, 6) is -4.21. The fourth-order valence-corrected chi connectivity index (χ4v) is 16.0. The molecule has 13 aromatic rings. The summed E-state index contributed by atoms with van der Waals surface area (Å²) in [4.78, 5) is 153. The van der Waals surface area contributed by atoms with E-state index in [1.165, 1.54) is 24.3 Å². The van der Waals surface area contributed by atoms with Crippen LogP contribution in [-0.2, 0) is 80.6 Å². The van der Waals surface area contributed by atoms with Crippen molar-refractivity contribution in [2.24, 2.45) is 0 Å². The molecule has 0 radical (unpaired) electrons. The molecule has 0 fully saturated rings. The number of imide groups is 2. The number of ketones is 2. The van der Waals surface area contributed by atoms with Gasteiger partial charge in [0.2, 0.25) is 23.6 Å². The number of ether oxygens (including phenoxy) is 4. The lowest BCUT2D eigenvalue weighted by atomic mass is 9.80. The highest BCUT2D eigenvalue weighted by Gasteiger charge is 2.43. The van der Waals surface area contributed by atoms with E-state index in [0.29, 0.717) is 60.8 Å². The number of aryl methyl sites for hydroxylation is 2. The Labute approximate surface area is 730 Å². The summed E-state index contributed by atoms with van der Waals surface area (Å²) in [6.07, 6.45) is 3.48. The number of hydrogen-bond acceptors (Lipinski definition) is 14. The number of carbonyl (C=O) groups is 10. The lowest BCUT2D eigenvalue weighted by Crippen LogP contribution is -2.47. The van der Waals surface area contributed by atoms with Crippen LogP contribution < -0.4 is 29.6 Å². The second kappa shape index (κ2) is 38.1. The van der Waals surface area contributed by atoms with Crippen molar-refractivity contribution in [1.82, 2.24) is 30.2 Å². The molecular formula is C106H94N6O14. The van der Waals surface area contributed by atoms with Gasteiger partial charge in [0, 0.05) is 106 Å². The van der Waals surface area contributed by atoms with Gasteiger partial charge in [-0.15, -0.1) is 0 Å². The summed E-state index contributed by atoms with van der Waals surface area (Å²) in [7, 11) is 0. The molecular weight excluding hydrogens is 1580 g/mol. The van der Waals surface area contributed by atoms with Gasteiger partial charge in [0.05, 0.1) is 22.3 Å². The summed E-state index contributed by atoms with van der Waals surface area (Å²) in [5.41, 5.74) is 7.94. The monoisotopic (exact) mass is 1670 g/mol. The van der Waals surface area contributed by atoms with Crippen LogP contribution in [-0.4, -0.2) is 105 Å². The summed E-state index contributed by atoms with van der Waals surface area (Å²) in [5, 5.41) is 7.15. The number of Topliss-reactive ketones (excluding diaryl/α,β-unsaturated/α-hetero) is 2. The molecule has 20 heteroatoms. The maximum atomic E-state index is 16.5. The molecule has 0 spiro atoms. The quantitative estimate of drug-likeness (QED) is 0.0158. The minimum Gasteiger partial charge on any atom is -0.457 e. The second-order valence-electron chi connectivity index (χ2n) is 32.2. The molecule has 20 nitrogen and oxygen atoms in total. The van der Waals surface area contributed by atoms with Gasteiger partial charge in [0.15, 0.2) is 11.6 Å². The van der Waals surface area contributed by atoms with Gasteiger partial charge in [-0.25, -0.2) is 0 Å². The number of rotatable bonds is 38. The van der Waals surface area contributed by atoms with Gasteiger partial charge < -0.3 is 39.4 Å². The number of nitrogens with zero attached hydrogens (tertiary/aromatic N) is 4. The van der Waals surface area contributed by atoms with Crippen molar-refractivity contribution in [1.29, 1.82) is 0 Å². The van der Waals surface area contributed by atoms with E-state index < -0.39 is 48.5 Å². The molecule has 13 aromatic carbocycles. The fourth-order valence-electron chi connectivity index (χ4n) is 16.0. The van der Waals surface area contributed by atoms with Crippen molar-refractivity contribution in [3.8, 4) is 46.0 Å². The molecule has 0 aliphatic carbocycles. The fraction of sp³-hybridized carbons (Fsp3) is 0.189. The maximum Gasteiger partial charge on any atom is 0.262 e. The molecule has 0 atom stereocenters. The van der Waals surface area contributed by atoms with Gasteiger partial charge in [0.1, 0.15) is 59.1 Å². The number of allylic oxidation sites excluding steroid dienone is 2. The molecule has 2 heterocycles. The Kier molecular flexibility index (Phi) is 25.9. The minimum atomic E-state index is -0.854. The number of benzene rings is 13. The third kappa shape index (κ3) is 19.2. The van der Waals surface area contributed by atoms with Crippen LogP contribution in [0.5, 0.6) is 46.0 Å². The molecule has 0 aromatic heterocycles. The minimum absolute atomic E-state index is 0.00152. The Balaban J connectivity index is 1.00. The average Bonchev–Trinajstić information content (AvgIpc) is 0.670. The normalized spacial score (nSPS) is 12.2. The molecule has 2 N–H and O–H groups in total. The van der Waals surface area contributed by atoms with Crippen LogP contribution in [0.15, 0.2) is 291 Å². The van der Waals surface area contributed by atoms with Crippen LogP contribution in [0.1, 0.15) is 139 Å². The van der Waals surface area contributed by atoms with E-state index in [4.69, 9.17) is 18.9 Å². The van der Waals surface area contributed by atoms with Gasteiger partial charge in [-0.2, -0.15) is 0 Å². The lowest BCUT2D eigenvalue weighted by molar-refractivity contribution is -0.133. The van der Waals surface area contributed by atoms with E-state index >= 15 is 28.8 Å². The highest BCUT2D eigenvalue weighted by atomic mass is 16.5. The molecule has 632 valence electrons. The third-order valence-corrected chi connectivity index (χ3v) is 22.7. The van der Waals surface area contributed by atoms with E-state index in [-0.39, 0.29) is 187 Å². The highest BCUT2D eigenvalue weighted by molar-refractivity contribution is 6.45. The topological polar surface area (TPSA) is 245 Å². The summed E-state index contributed by atoms with van der Waals surface area (Å²) in [6.45, 7) is 21.5. The molecule has 15 rings (SSSR count). The molecule has 126 heavy (non-hydrogen) atoms. The molecule has 2 aliphatic rings. The average molecular weight is 1680 g/mol. The number of amides is 8. The zero-order valence-corrected chi connectivity index (χ0v) is 70.7. The molecule has 0 unspecified atom stereocenters. The molecule has 8 amide bonds. The van der Waals surface area contributed by atoms with Gasteiger partial charge in [0.25, 0.3) is 23.6 Å². The van der Waals surface area contributed by atoms with Crippen molar-refractivity contribution in [3.05, 3.63) is 358 Å². The first-order chi connectivity index (χ1) is 60.9. The highest BCUT2D eigenvalue weighted by Crippen LogP contribution is 2.58. The Morgan fingerprint density at radius 3 is 0.786 bits per heavy atom. The Bertz CT molecular complexity index is 5730. The van der Waals surface area contributed by atoms with Crippen molar-refractivity contribution in [3.63, 3.8) is 0 Å². The van der Waals surface area contributed by atoms with Crippen LogP contribution in [0.4, 0.5) is 0 Å². The van der Waals surface area contributed by atoms with Crippen molar-refractivity contribution in [2.45, 2.75) is 105 Å². The standard InChI is InChI=1S/C106H94N6O14/c1-65(2)85(113)33-21-31-69-35-43-77(44-36-69)123-87-55-81-93-82(104(120)111(103(81)119)63-91(115)109(59-73-23-13-9-14-24-73)60-74-25-15-10-16-26-74)56-88(124-78-45-37-70(38-46-78)32-22-34-86(114)66(3)4)96-98-90(126-80-49-41-72(42-50-80)52-54-108-102(118)68(7)8)58-84-94-83(105(121)112(106(84)122)64-92(116)110(61-75-27-17-11-18-28-75)62-76-29-19-12-20-30-76)57-89(97(100(94)98)95(87)99(93)96)125-79-47-39-71(40-48-79)51-53-107-101(117)67(5)6/h9-20,23-30,35-50,55-58H,1,3,5,7,21-22,31-34,51-54,59-64H2,2,4,6,8H3,(H,107,117)(H,108,118). The summed E-state index contributed by atoms with van der Waals surface area (Å²) < 4.78 is 29.4. The Morgan fingerprint density at radius 2 is 0.548 bits per heavy atom.